The second-order valence-electron chi connectivity index (χ2n) is 4.73. The molecule has 1 atom stereocenters. The highest BCUT2D eigenvalue weighted by Crippen LogP contribution is 2.38. The Morgan fingerprint density at radius 1 is 1.11 bits per heavy atom. The van der Waals surface area contributed by atoms with E-state index >= 15 is 0 Å². The van der Waals surface area contributed by atoms with Crippen molar-refractivity contribution in [3.63, 3.8) is 0 Å². The molecule has 0 bridgehead atoms. The van der Waals surface area contributed by atoms with Gasteiger partial charge in [-0.1, -0.05) is 54.5 Å². The molecular weight excluding hydrogens is 264 g/mol. The van der Waals surface area contributed by atoms with Gasteiger partial charge in [0.15, 0.2) is 0 Å². The Balaban J connectivity index is 1.80. The topological polar surface area (TPSA) is 25.8 Å². The van der Waals surface area contributed by atoms with Crippen LogP contribution < -0.4 is 0 Å². The molecular formula is C14H15ClN2S. The highest BCUT2D eigenvalue weighted by Gasteiger charge is 2.23. The summed E-state index contributed by atoms with van der Waals surface area (Å²) in [6.07, 6.45) is 5.16. The minimum atomic E-state index is -0.168. The minimum absolute atomic E-state index is 0.168. The van der Waals surface area contributed by atoms with Crippen molar-refractivity contribution in [2.24, 2.45) is 0 Å². The number of benzene rings is 1. The van der Waals surface area contributed by atoms with Gasteiger partial charge < -0.3 is 0 Å². The molecule has 1 heterocycles. The van der Waals surface area contributed by atoms with Crippen molar-refractivity contribution in [1.29, 1.82) is 0 Å². The molecule has 94 valence electrons. The molecule has 0 radical (unpaired) electrons. The summed E-state index contributed by atoms with van der Waals surface area (Å²) < 4.78 is 0. The van der Waals surface area contributed by atoms with Gasteiger partial charge in [-0.05, 0) is 18.4 Å². The number of nitrogens with zero attached hydrogens (tertiary/aromatic N) is 2. The van der Waals surface area contributed by atoms with E-state index in [-0.39, 0.29) is 5.38 Å². The zero-order valence-corrected chi connectivity index (χ0v) is 11.6. The summed E-state index contributed by atoms with van der Waals surface area (Å²) in [5, 5.41) is 10.5. The van der Waals surface area contributed by atoms with Crippen molar-refractivity contribution in [2.45, 2.75) is 37.0 Å². The predicted molar refractivity (Wildman–Crippen MR) is 75.3 cm³/mol. The van der Waals surface area contributed by atoms with Crippen molar-refractivity contribution in [3.05, 3.63) is 45.9 Å². The average molecular weight is 279 g/mol. The maximum absolute atomic E-state index is 6.46. The van der Waals surface area contributed by atoms with Crippen LogP contribution in [0.1, 0.15) is 52.6 Å². The molecule has 0 saturated heterocycles. The van der Waals surface area contributed by atoms with Crippen LogP contribution in [0.25, 0.3) is 0 Å². The third-order valence-electron chi connectivity index (χ3n) is 3.47. The van der Waals surface area contributed by atoms with Crippen LogP contribution in [-0.2, 0) is 0 Å². The summed E-state index contributed by atoms with van der Waals surface area (Å²) >= 11 is 8.14. The van der Waals surface area contributed by atoms with Gasteiger partial charge in [-0.15, -0.1) is 21.8 Å². The van der Waals surface area contributed by atoms with Gasteiger partial charge in [0.1, 0.15) is 15.4 Å². The van der Waals surface area contributed by atoms with E-state index in [4.69, 9.17) is 11.6 Å². The first kappa shape index (κ1) is 12.1. The Morgan fingerprint density at radius 3 is 2.56 bits per heavy atom. The van der Waals surface area contributed by atoms with Gasteiger partial charge in [-0.3, -0.25) is 0 Å². The van der Waals surface area contributed by atoms with Crippen molar-refractivity contribution in [3.8, 4) is 0 Å². The molecule has 1 unspecified atom stereocenters. The lowest BCUT2D eigenvalue weighted by atomic mass is 10.1. The summed E-state index contributed by atoms with van der Waals surface area (Å²) in [6, 6.07) is 10.1. The van der Waals surface area contributed by atoms with E-state index in [1.54, 1.807) is 11.3 Å². The predicted octanol–water partition coefficient (Wildman–Crippen LogP) is 4.52. The first-order valence-corrected chi connectivity index (χ1v) is 7.62. The van der Waals surface area contributed by atoms with E-state index in [1.807, 2.05) is 30.3 Å². The van der Waals surface area contributed by atoms with Crippen LogP contribution in [0.15, 0.2) is 30.3 Å². The maximum Gasteiger partial charge on any atom is 0.139 e. The molecule has 1 saturated carbocycles. The number of alkyl halides is 1. The van der Waals surface area contributed by atoms with Crippen molar-refractivity contribution in [1.82, 2.24) is 10.2 Å². The lowest BCUT2D eigenvalue weighted by Gasteiger charge is -2.05. The standard InChI is InChI=1S/C14H15ClN2S/c15-12(10-6-2-1-3-7-10)14-17-16-13(18-14)11-8-4-5-9-11/h1-3,6-7,11-12H,4-5,8-9H2. The van der Waals surface area contributed by atoms with Crippen LogP contribution in [0.4, 0.5) is 0 Å². The number of aromatic nitrogens is 2. The number of hydrogen-bond acceptors (Lipinski definition) is 3. The van der Waals surface area contributed by atoms with Gasteiger partial charge in [-0.2, -0.15) is 0 Å². The summed E-state index contributed by atoms with van der Waals surface area (Å²) in [6.45, 7) is 0. The van der Waals surface area contributed by atoms with E-state index in [2.05, 4.69) is 10.2 Å². The second kappa shape index (κ2) is 5.37. The fourth-order valence-corrected chi connectivity index (χ4v) is 3.79. The Bertz CT molecular complexity index is 506. The molecule has 0 aliphatic heterocycles. The van der Waals surface area contributed by atoms with E-state index in [9.17, 15) is 0 Å². The molecule has 0 amide bonds. The van der Waals surface area contributed by atoms with E-state index in [1.165, 1.54) is 30.7 Å². The fourth-order valence-electron chi connectivity index (χ4n) is 2.45. The van der Waals surface area contributed by atoms with Crippen molar-refractivity contribution < 1.29 is 0 Å². The van der Waals surface area contributed by atoms with Gasteiger partial charge in [0.25, 0.3) is 0 Å². The number of halogens is 1. The molecule has 1 aromatic heterocycles. The number of hydrogen-bond donors (Lipinski definition) is 0. The van der Waals surface area contributed by atoms with Crippen molar-refractivity contribution >= 4 is 22.9 Å². The molecule has 3 rings (SSSR count). The van der Waals surface area contributed by atoms with Gasteiger partial charge in [0.2, 0.25) is 0 Å². The molecule has 0 spiro atoms. The smallest absolute Gasteiger partial charge is 0.139 e. The first-order valence-electron chi connectivity index (χ1n) is 6.37. The van der Waals surface area contributed by atoms with Crippen LogP contribution in [0, 0.1) is 0 Å². The lowest BCUT2D eigenvalue weighted by Crippen LogP contribution is -1.91. The molecule has 2 aromatic rings. The average Bonchev–Trinajstić information content (AvgIpc) is 3.09. The van der Waals surface area contributed by atoms with E-state index in [0.717, 1.165) is 10.6 Å². The lowest BCUT2D eigenvalue weighted by molar-refractivity contribution is 0.703. The van der Waals surface area contributed by atoms with Gasteiger partial charge >= 0.3 is 0 Å². The number of rotatable bonds is 3. The van der Waals surface area contributed by atoms with Gasteiger partial charge in [0, 0.05) is 5.92 Å². The Hall–Kier alpha value is -0.930. The monoisotopic (exact) mass is 278 g/mol. The third-order valence-corrected chi connectivity index (χ3v) is 5.21. The largest absolute Gasteiger partial charge is 0.143 e. The highest BCUT2D eigenvalue weighted by atomic mass is 35.5. The molecule has 2 nitrogen and oxygen atoms in total. The van der Waals surface area contributed by atoms with E-state index in [0.29, 0.717) is 5.92 Å². The van der Waals surface area contributed by atoms with Crippen LogP contribution in [0.2, 0.25) is 0 Å². The Labute approximate surface area is 116 Å². The molecule has 0 N–H and O–H groups in total. The summed E-state index contributed by atoms with van der Waals surface area (Å²) in [5.41, 5.74) is 1.09. The molecule has 18 heavy (non-hydrogen) atoms. The van der Waals surface area contributed by atoms with Gasteiger partial charge in [-0.25, -0.2) is 0 Å². The molecule has 1 aliphatic rings. The van der Waals surface area contributed by atoms with E-state index < -0.39 is 0 Å². The van der Waals surface area contributed by atoms with Crippen LogP contribution in [-0.4, -0.2) is 10.2 Å². The third kappa shape index (κ3) is 2.43. The van der Waals surface area contributed by atoms with Crippen LogP contribution >= 0.6 is 22.9 Å². The van der Waals surface area contributed by atoms with Crippen LogP contribution in [0.5, 0.6) is 0 Å². The summed E-state index contributed by atoms with van der Waals surface area (Å²) in [4.78, 5) is 0. The first-order chi connectivity index (χ1) is 8.84. The summed E-state index contributed by atoms with van der Waals surface area (Å²) in [5.74, 6) is 0.621. The molecule has 1 fully saturated rings. The summed E-state index contributed by atoms with van der Waals surface area (Å²) in [7, 11) is 0. The zero-order chi connectivity index (χ0) is 12.4. The van der Waals surface area contributed by atoms with Crippen LogP contribution in [0.3, 0.4) is 0 Å². The minimum Gasteiger partial charge on any atom is -0.143 e. The SMILES string of the molecule is ClC(c1ccccc1)c1nnc(C2CCCC2)s1. The fraction of sp³-hybridized carbons (Fsp3) is 0.429. The highest BCUT2D eigenvalue weighted by molar-refractivity contribution is 7.11. The maximum atomic E-state index is 6.46. The van der Waals surface area contributed by atoms with Crippen molar-refractivity contribution in [2.75, 3.05) is 0 Å². The Morgan fingerprint density at radius 2 is 1.83 bits per heavy atom. The second-order valence-corrected chi connectivity index (χ2v) is 6.21. The van der Waals surface area contributed by atoms with Gasteiger partial charge in [0.05, 0.1) is 0 Å². The molecule has 4 heteroatoms. The zero-order valence-electron chi connectivity index (χ0n) is 10.1. The molecule has 1 aromatic carbocycles. The molecule has 1 aliphatic carbocycles. The normalized spacial score (nSPS) is 18.1. The quantitative estimate of drug-likeness (QED) is 0.771. The Kier molecular flexibility index (Phi) is 3.62.